The monoisotopic (exact) mass is 394 g/mol. The number of benzene rings is 2. The molecule has 110 valence electrons. The van der Waals surface area contributed by atoms with E-state index < -0.39 is 0 Å². The molecule has 0 aliphatic rings. The molecule has 0 bridgehead atoms. The van der Waals surface area contributed by atoms with E-state index in [0.29, 0.717) is 15.9 Å². The fraction of sp³-hybridized carbons (Fsp3) is 0. The van der Waals surface area contributed by atoms with E-state index in [0.717, 1.165) is 15.6 Å². The summed E-state index contributed by atoms with van der Waals surface area (Å²) in [5.41, 5.74) is 1.67. The van der Waals surface area contributed by atoms with Crippen LogP contribution in [0.25, 0.3) is 22.6 Å². The van der Waals surface area contributed by atoms with Crippen molar-refractivity contribution in [3.8, 4) is 11.5 Å². The molecule has 3 nitrogen and oxygen atoms in total. The summed E-state index contributed by atoms with van der Waals surface area (Å²) in [6, 6.07) is 14.9. The lowest BCUT2D eigenvalue weighted by molar-refractivity contribution is 0.556. The summed E-state index contributed by atoms with van der Waals surface area (Å²) in [5.74, 6) is 0.660. The largest absolute Gasteiger partial charge is 0.415 e. The van der Waals surface area contributed by atoms with E-state index in [-0.39, 0.29) is 5.89 Å². The SMILES string of the molecule is Cl/C(=C\c1cccc(Cl)c1)c1nnc(-c2ccccc2Br)o1. The van der Waals surface area contributed by atoms with Gasteiger partial charge in [0.25, 0.3) is 5.89 Å². The van der Waals surface area contributed by atoms with Crippen molar-refractivity contribution in [3.63, 3.8) is 0 Å². The Balaban J connectivity index is 1.92. The van der Waals surface area contributed by atoms with Crippen LogP contribution in [0.3, 0.4) is 0 Å². The van der Waals surface area contributed by atoms with Gasteiger partial charge in [-0.3, -0.25) is 0 Å². The lowest BCUT2D eigenvalue weighted by atomic mass is 10.2. The van der Waals surface area contributed by atoms with Gasteiger partial charge in [-0.2, -0.15) is 0 Å². The van der Waals surface area contributed by atoms with Gasteiger partial charge in [0, 0.05) is 9.50 Å². The van der Waals surface area contributed by atoms with E-state index in [9.17, 15) is 0 Å². The van der Waals surface area contributed by atoms with Crippen LogP contribution in [0.15, 0.2) is 57.4 Å². The first-order valence-electron chi connectivity index (χ1n) is 6.35. The minimum Gasteiger partial charge on any atom is -0.415 e. The predicted octanol–water partition coefficient (Wildman–Crippen LogP) is 5.89. The molecule has 0 aliphatic heterocycles. The zero-order valence-corrected chi connectivity index (χ0v) is 14.2. The number of hydrogen-bond donors (Lipinski definition) is 0. The number of aromatic nitrogens is 2. The second kappa shape index (κ2) is 6.65. The molecule has 3 aromatic rings. The third kappa shape index (κ3) is 3.40. The summed E-state index contributed by atoms with van der Waals surface area (Å²) < 4.78 is 6.50. The van der Waals surface area contributed by atoms with Crippen molar-refractivity contribution in [2.24, 2.45) is 0 Å². The average molecular weight is 396 g/mol. The maximum Gasteiger partial charge on any atom is 0.259 e. The van der Waals surface area contributed by atoms with Crippen LogP contribution < -0.4 is 0 Å². The molecule has 3 rings (SSSR count). The molecule has 0 atom stereocenters. The number of nitrogens with zero attached hydrogens (tertiary/aromatic N) is 2. The molecule has 2 aromatic carbocycles. The second-order valence-corrected chi connectivity index (χ2v) is 6.14. The van der Waals surface area contributed by atoms with Crippen molar-refractivity contribution >= 4 is 50.2 Å². The van der Waals surface area contributed by atoms with Crippen LogP contribution in [0, 0.1) is 0 Å². The lowest BCUT2D eigenvalue weighted by Crippen LogP contribution is -1.79. The molecule has 0 fully saturated rings. The summed E-state index contributed by atoms with van der Waals surface area (Å²) >= 11 is 15.6. The Labute approximate surface area is 145 Å². The topological polar surface area (TPSA) is 38.9 Å². The van der Waals surface area contributed by atoms with Gasteiger partial charge < -0.3 is 4.42 Å². The van der Waals surface area contributed by atoms with Crippen LogP contribution in [0.4, 0.5) is 0 Å². The molecule has 0 N–H and O–H groups in total. The van der Waals surface area contributed by atoms with Gasteiger partial charge in [-0.1, -0.05) is 47.5 Å². The van der Waals surface area contributed by atoms with Crippen molar-refractivity contribution in [1.82, 2.24) is 10.2 Å². The molecule has 0 spiro atoms. The third-order valence-electron chi connectivity index (χ3n) is 2.88. The average Bonchev–Trinajstić information content (AvgIpc) is 2.97. The molecular formula is C16H9BrCl2N2O. The Morgan fingerprint density at radius 3 is 2.68 bits per heavy atom. The molecule has 1 heterocycles. The molecule has 0 aliphatic carbocycles. The molecule has 0 unspecified atom stereocenters. The second-order valence-electron chi connectivity index (χ2n) is 4.44. The Morgan fingerprint density at radius 2 is 1.91 bits per heavy atom. The van der Waals surface area contributed by atoms with Gasteiger partial charge >= 0.3 is 0 Å². The van der Waals surface area contributed by atoms with Crippen molar-refractivity contribution in [1.29, 1.82) is 0 Å². The van der Waals surface area contributed by atoms with Gasteiger partial charge in [-0.05, 0) is 51.8 Å². The maximum absolute atomic E-state index is 6.24. The van der Waals surface area contributed by atoms with Gasteiger partial charge in [0.1, 0.15) is 5.03 Å². The quantitative estimate of drug-likeness (QED) is 0.554. The smallest absolute Gasteiger partial charge is 0.259 e. The minimum atomic E-state index is 0.257. The number of halogens is 3. The molecule has 0 radical (unpaired) electrons. The highest BCUT2D eigenvalue weighted by Gasteiger charge is 2.13. The van der Waals surface area contributed by atoms with Crippen LogP contribution in [-0.4, -0.2) is 10.2 Å². The lowest BCUT2D eigenvalue weighted by Gasteiger charge is -1.97. The Hall–Kier alpha value is -1.62. The normalized spacial score (nSPS) is 11.7. The van der Waals surface area contributed by atoms with Crippen LogP contribution in [0.2, 0.25) is 5.02 Å². The summed E-state index contributed by atoms with van der Waals surface area (Å²) in [6.07, 6.45) is 1.73. The Morgan fingerprint density at radius 1 is 1.09 bits per heavy atom. The van der Waals surface area contributed by atoms with Gasteiger partial charge in [0.05, 0.1) is 5.56 Å². The van der Waals surface area contributed by atoms with E-state index in [1.807, 2.05) is 36.4 Å². The number of hydrogen-bond acceptors (Lipinski definition) is 3. The standard InChI is InChI=1S/C16H9BrCl2N2O/c17-13-7-2-1-6-12(13)15-20-21-16(22-15)14(19)9-10-4-3-5-11(18)8-10/h1-9H/b14-9-. The molecule has 6 heteroatoms. The zero-order chi connectivity index (χ0) is 15.5. The summed E-state index contributed by atoms with van der Waals surface area (Å²) in [7, 11) is 0. The van der Waals surface area contributed by atoms with Crippen molar-refractivity contribution in [2.45, 2.75) is 0 Å². The summed E-state index contributed by atoms with van der Waals surface area (Å²) in [6.45, 7) is 0. The maximum atomic E-state index is 6.24. The first kappa shape index (κ1) is 15.3. The first-order chi connectivity index (χ1) is 10.6. The Kier molecular flexibility index (Phi) is 4.62. The number of rotatable bonds is 3. The highest BCUT2D eigenvalue weighted by atomic mass is 79.9. The zero-order valence-electron chi connectivity index (χ0n) is 11.1. The molecule has 0 saturated carbocycles. The van der Waals surface area contributed by atoms with Gasteiger partial charge in [-0.25, -0.2) is 0 Å². The van der Waals surface area contributed by atoms with E-state index in [1.54, 1.807) is 18.2 Å². The van der Waals surface area contributed by atoms with E-state index >= 15 is 0 Å². The highest BCUT2D eigenvalue weighted by molar-refractivity contribution is 9.10. The molecule has 22 heavy (non-hydrogen) atoms. The van der Waals surface area contributed by atoms with Crippen LogP contribution in [-0.2, 0) is 0 Å². The summed E-state index contributed by atoms with van der Waals surface area (Å²) in [4.78, 5) is 0. The van der Waals surface area contributed by atoms with Crippen LogP contribution >= 0.6 is 39.1 Å². The highest BCUT2D eigenvalue weighted by Crippen LogP contribution is 2.29. The fourth-order valence-electron chi connectivity index (χ4n) is 1.87. The van der Waals surface area contributed by atoms with Crippen LogP contribution in [0.1, 0.15) is 11.5 Å². The van der Waals surface area contributed by atoms with Crippen LogP contribution in [0.5, 0.6) is 0 Å². The van der Waals surface area contributed by atoms with E-state index in [4.69, 9.17) is 27.6 Å². The molecular weight excluding hydrogens is 387 g/mol. The van der Waals surface area contributed by atoms with Crippen molar-refractivity contribution in [3.05, 3.63) is 69.5 Å². The van der Waals surface area contributed by atoms with Crippen molar-refractivity contribution < 1.29 is 4.42 Å². The minimum absolute atomic E-state index is 0.257. The first-order valence-corrected chi connectivity index (χ1v) is 7.90. The fourth-order valence-corrected chi connectivity index (χ4v) is 2.72. The van der Waals surface area contributed by atoms with E-state index in [2.05, 4.69) is 26.1 Å². The predicted molar refractivity (Wildman–Crippen MR) is 92.6 cm³/mol. The van der Waals surface area contributed by atoms with Gasteiger partial charge in [0.2, 0.25) is 5.89 Å². The molecule has 0 saturated heterocycles. The van der Waals surface area contributed by atoms with E-state index in [1.165, 1.54) is 0 Å². The Bertz CT molecular complexity index is 845. The van der Waals surface area contributed by atoms with Gasteiger partial charge in [0.15, 0.2) is 0 Å². The molecule has 1 aromatic heterocycles. The van der Waals surface area contributed by atoms with Gasteiger partial charge in [-0.15, -0.1) is 10.2 Å². The third-order valence-corrected chi connectivity index (χ3v) is 4.07. The molecule has 0 amide bonds. The summed E-state index contributed by atoms with van der Waals surface area (Å²) in [5, 5.41) is 9.00. The van der Waals surface area contributed by atoms with Crippen molar-refractivity contribution in [2.75, 3.05) is 0 Å².